The number of urea groups is 1. The summed E-state index contributed by atoms with van der Waals surface area (Å²) in [7, 11) is 0. The Balaban J connectivity index is 1.49. The van der Waals surface area contributed by atoms with Gasteiger partial charge in [0.1, 0.15) is 12.1 Å². The third kappa shape index (κ3) is 3.23. The fourth-order valence-corrected chi connectivity index (χ4v) is 5.47. The number of carbonyl (C=O) groups is 3. The number of amides is 3. The van der Waals surface area contributed by atoms with E-state index >= 15 is 0 Å². The van der Waals surface area contributed by atoms with Gasteiger partial charge in [-0.05, 0) is 52.9 Å². The Bertz CT molecular complexity index is 1520. The SMILES string of the molecule is CC(C)c1ccc(C2c3[nH]c4ccccc4c3C[C@@H]3C(=O)N(c4ccc(C(=O)O)cc4)C(=O)N23)cc1. The Labute approximate surface area is 208 Å². The van der Waals surface area contributed by atoms with E-state index in [-0.39, 0.29) is 11.5 Å². The summed E-state index contributed by atoms with van der Waals surface area (Å²) in [4.78, 5) is 45.2. The second-order valence-corrected chi connectivity index (χ2v) is 9.72. The van der Waals surface area contributed by atoms with Gasteiger partial charge >= 0.3 is 12.0 Å². The molecule has 1 unspecified atom stereocenters. The zero-order valence-corrected chi connectivity index (χ0v) is 19.9. The molecule has 180 valence electrons. The number of para-hydroxylation sites is 1. The van der Waals surface area contributed by atoms with Crippen molar-refractivity contribution in [1.82, 2.24) is 9.88 Å². The molecule has 1 saturated heterocycles. The summed E-state index contributed by atoms with van der Waals surface area (Å²) < 4.78 is 0. The molecule has 0 bridgehead atoms. The van der Waals surface area contributed by atoms with Crippen molar-refractivity contribution in [2.24, 2.45) is 0 Å². The maximum absolute atomic E-state index is 13.9. The van der Waals surface area contributed by atoms with E-state index in [9.17, 15) is 19.5 Å². The minimum absolute atomic E-state index is 0.0973. The minimum atomic E-state index is -1.06. The molecule has 1 aromatic heterocycles. The Morgan fingerprint density at radius 3 is 2.33 bits per heavy atom. The highest BCUT2D eigenvalue weighted by molar-refractivity contribution is 6.22. The van der Waals surface area contributed by atoms with E-state index in [1.54, 1.807) is 4.90 Å². The second kappa shape index (κ2) is 8.09. The maximum Gasteiger partial charge on any atom is 0.335 e. The van der Waals surface area contributed by atoms with Crippen molar-refractivity contribution < 1.29 is 19.5 Å². The van der Waals surface area contributed by atoms with Gasteiger partial charge in [-0.1, -0.05) is 56.3 Å². The van der Waals surface area contributed by atoms with Crippen LogP contribution in [0.2, 0.25) is 0 Å². The summed E-state index contributed by atoms with van der Waals surface area (Å²) in [6, 6.07) is 20.6. The molecule has 2 aliphatic heterocycles. The standard InChI is InChI=1S/C29H25N3O4/c1-16(2)17-7-9-18(10-8-17)26-25-22(21-5-3-4-6-23(21)30-25)15-24-27(33)31(29(36)32(24)26)20-13-11-19(12-14-20)28(34)35/h3-14,16,24,26,30H,15H2,1-2H3,(H,34,35)/t24-,26?/m1/s1. The number of rotatable bonds is 4. The lowest BCUT2D eigenvalue weighted by atomic mass is 9.88. The fourth-order valence-electron chi connectivity index (χ4n) is 5.47. The van der Waals surface area contributed by atoms with Crippen LogP contribution < -0.4 is 4.90 Å². The predicted molar refractivity (Wildman–Crippen MR) is 136 cm³/mol. The summed E-state index contributed by atoms with van der Waals surface area (Å²) in [6.45, 7) is 4.27. The first-order valence-electron chi connectivity index (χ1n) is 12.0. The number of aromatic amines is 1. The first kappa shape index (κ1) is 22.1. The topological polar surface area (TPSA) is 93.7 Å². The third-order valence-corrected chi connectivity index (χ3v) is 7.34. The summed E-state index contributed by atoms with van der Waals surface area (Å²) in [5.74, 6) is -0.989. The van der Waals surface area contributed by atoms with Crippen LogP contribution in [0.25, 0.3) is 10.9 Å². The van der Waals surface area contributed by atoms with Crippen molar-refractivity contribution >= 4 is 34.5 Å². The normalized spacial score (nSPS) is 19.2. The lowest BCUT2D eigenvalue weighted by Crippen LogP contribution is -2.44. The van der Waals surface area contributed by atoms with E-state index in [0.29, 0.717) is 18.0 Å². The number of nitrogens with zero attached hydrogens (tertiary/aromatic N) is 2. The van der Waals surface area contributed by atoms with E-state index in [1.165, 1.54) is 34.7 Å². The van der Waals surface area contributed by atoms with E-state index in [4.69, 9.17) is 0 Å². The predicted octanol–water partition coefficient (Wildman–Crippen LogP) is 5.47. The van der Waals surface area contributed by atoms with Crippen molar-refractivity contribution in [3.63, 3.8) is 0 Å². The highest BCUT2D eigenvalue weighted by atomic mass is 16.4. The van der Waals surface area contributed by atoms with Crippen molar-refractivity contribution in [3.05, 3.63) is 101 Å². The van der Waals surface area contributed by atoms with Crippen LogP contribution in [0.15, 0.2) is 72.8 Å². The van der Waals surface area contributed by atoms with Gasteiger partial charge in [-0.25, -0.2) is 14.5 Å². The summed E-state index contributed by atoms with van der Waals surface area (Å²) in [5.41, 5.74) is 5.55. The minimum Gasteiger partial charge on any atom is -0.478 e. The van der Waals surface area contributed by atoms with Gasteiger partial charge in [0.05, 0.1) is 11.3 Å². The number of imide groups is 1. The Morgan fingerprint density at radius 1 is 0.972 bits per heavy atom. The number of carbonyl (C=O) groups excluding carboxylic acids is 2. The molecular weight excluding hydrogens is 454 g/mol. The van der Waals surface area contributed by atoms with Crippen molar-refractivity contribution in [1.29, 1.82) is 0 Å². The lowest BCUT2D eigenvalue weighted by molar-refractivity contribution is -0.120. The van der Waals surface area contributed by atoms with Crippen LogP contribution in [0.4, 0.5) is 10.5 Å². The number of aromatic carboxylic acids is 1. The first-order chi connectivity index (χ1) is 17.3. The smallest absolute Gasteiger partial charge is 0.335 e. The number of fused-ring (bicyclic) bond motifs is 4. The van der Waals surface area contributed by atoms with E-state index in [1.807, 2.05) is 36.4 Å². The zero-order chi connectivity index (χ0) is 25.1. The molecule has 36 heavy (non-hydrogen) atoms. The average Bonchev–Trinajstić information content (AvgIpc) is 3.37. The van der Waals surface area contributed by atoms with Crippen LogP contribution in [0.5, 0.6) is 0 Å². The van der Waals surface area contributed by atoms with Crippen molar-refractivity contribution in [2.45, 2.75) is 38.3 Å². The van der Waals surface area contributed by atoms with Gasteiger partial charge in [-0.2, -0.15) is 0 Å². The molecule has 1 fully saturated rings. The highest BCUT2D eigenvalue weighted by Crippen LogP contribution is 2.45. The number of nitrogens with one attached hydrogen (secondary N) is 1. The first-order valence-corrected chi connectivity index (χ1v) is 12.0. The number of hydrogen-bond acceptors (Lipinski definition) is 3. The Hall–Kier alpha value is -4.39. The van der Waals surface area contributed by atoms with Crippen LogP contribution in [0.1, 0.15) is 58.5 Å². The third-order valence-electron chi connectivity index (χ3n) is 7.34. The molecule has 2 atom stereocenters. The highest BCUT2D eigenvalue weighted by Gasteiger charge is 2.53. The van der Waals surface area contributed by atoms with Gasteiger partial charge < -0.3 is 10.1 Å². The van der Waals surface area contributed by atoms with E-state index in [2.05, 4.69) is 31.0 Å². The number of anilines is 1. The quantitative estimate of drug-likeness (QED) is 0.380. The number of H-pyrrole nitrogens is 1. The van der Waals surface area contributed by atoms with E-state index < -0.39 is 24.1 Å². The van der Waals surface area contributed by atoms with Gasteiger partial charge in [0, 0.05) is 23.0 Å². The summed E-state index contributed by atoms with van der Waals surface area (Å²) >= 11 is 0. The second-order valence-electron chi connectivity index (χ2n) is 9.72. The van der Waals surface area contributed by atoms with Gasteiger partial charge in [0.15, 0.2) is 0 Å². The van der Waals surface area contributed by atoms with Crippen LogP contribution in [-0.4, -0.2) is 38.9 Å². The van der Waals surface area contributed by atoms with Crippen LogP contribution in [0, 0.1) is 0 Å². The molecule has 3 heterocycles. The van der Waals surface area contributed by atoms with Gasteiger partial charge in [0.25, 0.3) is 5.91 Å². The molecule has 2 aliphatic rings. The molecule has 4 aromatic rings. The number of aromatic nitrogens is 1. The molecule has 2 N–H and O–H groups in total. The number of carboxylic acid groups (broad SMARTS) is 1. The van der Waals surface area contributed by atoms with Crippen molar-refractivity contribution in [2.75, 3.05) is 4.90 Å². The molecule has 6 rings (SSSR count). The molecule has 0 saturated carbocycles. The molecule has 0 aliphatic carbocycles. The Kier molecular flexibility index (Phi) is 4.96. The molecule has 7 heteroatoms. The number of carboxylic acids is 1. The maximum atomic E-state index is 13.9. The van der Waals surface area contributed by atoms with Gasteiger partial charge in [-0.15, -0.1) is 0 Å². The van der Waals surface area contributed by atoms with E-state index in [0.717, 1.165) is 27.7 Å². The number of benzene rings is 3. The van der Waals surface area contributed by atoms with Gasteiger partial charge in [0.2, 0.25) is 0 Å². The summed E-state index contributed by atoms with van der Waals surface area (Å²) in [6.07, 6.45) is 0.411. The van der Waals surface area contributed by atoms with Crippen molar-refractivity contribution in [3.8, 4) is 0 Å². The van der Waals surface area contributed by atoms with Crippen LogP contribution >= 0.6 is 0 Å². The summed E-state index contributed by atoms with van der Waals surface area (Å²) in [5, 5.41) is 10.3. The zero-order valence-electron chi connectivity index (χ0n) is 19.9. The fraction of sp³-hybridized carbons (Fsp3) is 0.207. The molecule has 0 spiro atoms. The lowest BCUT2D eigenvalue weighted by Gasteiger charge is -2.36. The molecule has 7 nitrogen and oxygen atoms in total. The largest absolute Gasteiger partial charge is 0.478 e. The van der Waals surface area contributed by atoms with Gasteiger partial charge in [-0.3, -0.25) is 9.69 Å². The van der Waals surface area contributed by atoms with Crippen LogP contribution in [0.3, 0.4) is 0 Å². The Morgan fingerprint density at radius 2 is 1.67 bits per heavy atom. The number of hydrogen-bond donors (Lipinski definition) is 2. The molecule has 3 aromatic carbocycles. The molecular formula is C29H25N3O4. The molecule has 3 amide bonds. The average molecular weight is 480 g/mol. The molecule has 0 radical (unpaired) electrons. The monoisotopic (exact) mass is 479 g/mol. The van der Waals surface area contributed by atoms with Crippen LogP contribution in [-0.2, 0) is 11.2 Å².